The summed E-state index contributed by atoms with van der Waals surface area (Å²) in [6.45, 7) is 2.10. The molecular formula is C7H13NO. The highest BCUT2D eigenvalue weighted by atomic mass is 16.3. The molecule has 2 N–H and O–H groups in total. The topological polar surface area (TPSA) is 32.3 Å². The molecule has 2 rings (SSSR count). The lowest BCUT2D eigenvalue weighted by Crippen LogP contribution is -2.57. The molecule has 1 aliphatic heterocycles. The third-order valence-electron chi connectivity index (χ3n) is 2.81. The van der Waals surface area contributed by atoms with Crippen LogP contribution in [-0.4, -0.2) is 24.3 Å². The molecular weight excluding hydrogens is 114 g/mol. The highest BCUT2D eigenvalue weighted by Crippen LogP contribution is 2.40. The van der Waals surface area contributed by atoms with E-state index >= 15 is 0 Å². The third kappa shape index (κ3) is 0.634. The van der Waals surface area contributed by atoms with Gasteiger partial charge in [0.1, 0.15) is 0 Å². The Balaban J connectivity index is 2.09. The molecule has 2 heteroatoms. The number of aliphatic hydroxyl groups is 1. The van der Waals surface area contributed by atoms with Gasteiger partial charge in [-0.2, -0.15) is 0 Å². The lowest BCUT2D eigenvalue weighted by molar-refractivity contribution is 0.0122. The van der Waals surface area contributed by atoms with Crippen LogP contribution in [0.5, 0.6) is 0 Å². The average Bonchev–Trinajstić information content (AvgIpc) is 2.07. The van der Waals surface area contributed by atoms with Crippen LogP contribution in [0.25, 0.3) is 0 Å². The smallest absolute Gasteiger partial charge is 0.0620 e. The number of aliphatic hydroxyl groups excluding tert-OH is 1. The molecule has 0 aromatic heterocycles. The van der Waals surface area contributed by atoms with Crippen LogP contribution in [0.15, 0.2) is 0 Å². The van der Waals surface area contributed by atoms with Crippen molar-refractivity contribution in [1.82, 2.24) is 5.32 Å². The molecule has 1 aliphatic carbocycles. The van der Waals surface area contributed by atoms with E-state index in [1.54, 1.807) is 0 Å². The molecule has 2 fully saturated rings. The lowest BCUT2D eigenvalue weighted by Gasteiger charge is -2.42. The summed E-state index contributed by atoms with van der Waals surface area (Å²) in [5.41, 5.74) is 0.319. The lowest BCUT2D eigenvalue weighted by atomic mass is 9.78. The van der Waals surface area contributed by atoms with Crippen LogP contribution in [0.4, 0.5) is 0 Å². The Bertz CT molecular complexity index is 120. The molecule has 1 atom stereocenters. The van der Waals surface area contributed by atoms with E-state index in [2.05, 4.69) is 5.32 Å². The van der Waals surface area contributed by atoms with Crippen LogP contribution in [0, 0.1) is 5.41 Å². The van der Waals surface area contributed by atoms with Crippen molar-refractivity contribution in [3.63, 3.8) is 0 Å². The monoisotopic (exact) mass is 127 g/mol. The summed E-state index contributed by atoms with van der Waals surface area (Å²) < 4.78 is 0. The summed E-state index contributed by atoms with van der Waals surface area (Å²) >= 11 is 0. The van der Waals surface area contributed by atoms with Crippen molar-refractivity contribution in [2.75, 3.05) is 13.1 Å². The summed E-state index contributed by atoms with van der Waals surface area (Å²) in [6.07, 6.45) is 3.49. The molecule has 1 spiro atoms. The molecule has 2 aliphatic rings. The summed E-state index contributed by atoms with van der Waals surface area (Å²) in [5, 5.41) is 12.7. The molecule has 2 nitrogen and oxygen atoms in total. The Morgan fingerprint density at radius 3 is 2.44 bits per heavy atom. The Labute approximate surface area is 55.3 Å². The molecule has 0 aromatic carbocycles. The summed E-state index contributed by atoms with van der Waals surface area (Å²) in [6, 6.07) is 0. The van der Waals surface area contributed by atoms with Gasteiger partial charge in [0.05, 0.1) is 6.10 Å². The molecule has 0 radical (unpaired) electrons. The van der Waals surface area contributed by atoms with E-state index in [-0.39, 0.29) is 6.10 Å². The van der Waals surface area contributed by atoms with Crippen LogP contribution < -0.4 is 5.32 Å². The van der Waals surface area contributed by atoms with E-state index < -0.39 is 0 Å². The molecule has 0 aromatic rings. The quantitative estimate of drug-likeness (QED) is 0.484. The zero-order chi connectivity index (χ0) is 6.32. The summed E-state index contributed by atoms with van der Waals surface area (Å²) in [7, 11) is 0. The van der Waals surface area contributed by atoms with E-state index in [0.29, 0.717) is 5.41 Å². The predicted octanol–water partition coefficient (Wildman–Crippen LogP) is 0.121. The minimum Gasteiger partial charge on any atom is -0.392 e. The minimum absolute atomic E-state index is 0.00116. The number of hydrogen-bond donors (Lipinski definition) is 2. The fourth-order valence-electron chi connectivity index (χ4n) is 1.98. The SMILES string of the molecule is OC1CCCC12CNC2. The summed E-state index contributed by atoms with van der Waals surface area (Å²) in [4.78, 5) is 0. The maximum Gasteiger partial charge on any atom is 0.0620 e. The van der Waals surface area contributed by atoms with Crippen LogP contribution in [0.3, 0.4) is 0 Å². The van der Waals surface area contributed by atoms with Crippen molar-refractivity contribution in [3.05, 3.63) is 0 Å². The van der Waals surface area contributed by atoms with E-state index in [9.17, 15) is 5.11 Å². The third-order valence-corrected chi connectivity index (χ3v) is 2.81. The molecule has 1 saturated carbocycles. The van der Waals surface area contributed by atoms with Gasteiger partial charge in [-0.05, 0) is 12.8 Å². The average molecular weight is 127 g/mol. The van der Waals surface area contributed by atoms with Crippen molar-refractivity contribution < 1.29 is 5.11 Å². The van der Waals surface area contributed by atoms with Gasteiger partial charge in [0.2, 0.25) is 0 Å². The summed E-state index contributed by atoms with van der Waals surface area (Å²) in [5.74, 6) is 0. The van der Waals surface area contributed by atoms with Gasteiger partial charge in [0.25, 0.3) is 0 Å². The predicted molar refractivity (Wildman–Crippen MR) is 35.2 cm³/mol. The molecule has 1 saturated heterocycles. The van der Waals surface area contributed by atoms with E-state index in [0.717, 1.165) is 19.5 Å². The Hall–Kier alpha value is -0.0800. The van der Waals surface area contributed by atoms with Crippen LogP contribution in [0.2, 0.25) is 0 Å². The zero-order valence-electron chi connectivity index (χ0n) is 5.56. The largest absolute Gasteiger partial charge is 0.392 e. The Kier molecular flexibility index (Phi) is 1.08. The van der Waals surface area contributed by atoms with E-state index in [4.69, 9.17) is 0 Å². The van der Waals surface area contributed by atoms with Crippen molar-refractivity contribution in [2.24, 2.45) is 5.41 Å². The van der Waals surface area contributed by atoms with Crippen molar-refractivity contribution in [2.45, 2.75) is 25.4 Å². The second kappa shape index (κ2) is 1.70. The fourth-order valence-corrected chi connectivity index (χ4v) is 1.98. The van der Waals surface area contributed by atoms with Gasteiger partial charge < -0.3 is 10.4 Å². The number of nitrogens with one attached hydrogen (secondary N) is 1. The van der Waals surface area contributed by atoms with Crippen molar-refractivity contribution in [1.29, 1.82) is 0 Å². The molecule has 52 valence electrons. The highest BCUT2D eigenvalue weighted by Gasteiger charge is 2.46. The van der Waals surface area contributed by atoms with Crippen LogP contribution >= 0.6 is 0 Å². The maximum absolute atomic E-state index is 9.46. The van der Waals surface area contributed by atoms with Gasteiger partial charge in [-0.1, -0.05) is 6.42 Å². The zero-order valence-corrected chi connectivity index (χ0v) is 5.56. The molecule has 0 bridgehead atoms. The molecule has 9 heavy (non-hydrogen) atoms. The Morgan fingerprint density at radius 2 is 2.22 bits per heavy atom. The van der Waals surface area contributed by atoms with Gasteiger partial charge in [-0.3, -0.25) is 0 Å². The van der Waals surface area contributed by atoms with E-state index in [1.807, 2.05) is 0 Å². The Morgan fingerprint density at radius 1 is 1.44 bits per heavy atom. The van der Waals surface area contributed by atoms with Gasteiger partial charge in [0, 0.05) is 18.5 Å². The van der Waals surface area contributed by atoms with Gasteiger partial charge in [-0.25, -0.2) is 0 Å². The maximum atomic E-state index is 9.46. The van der Waals surface area contributed by atoms with Crippen molar-refractivity contribution in [3.8, 4) is 0 Å². The number of hydrogen-bond acceptors (Lipinski definition) is 2. The van der Waals surface area contributed by atoms with Crippen LogP contribution in [0.1, 0.15) is 19.3 Å². The van der Waals surface area contributed by atoms with Gasteiger partial charge in [-0.15, -0.1) is 0 Å². The molecule has 1 heterocycles. The second-order valence-electron chi connectivity index (χ2n) is 3.37. The number of rotatable bonds is 0. The van der Waals surface area contributed by atoms with Crippen LogP contribution in [-0.2, 0) is 0 Å². The first-order valence-corrected chi connectivity index (χ1v) is 3.72. The molecule has 1 unspecified atom stereocenters. The molecule has 0 amide bonds. The van der Waals surface area contributed by atoms with Crippen molar-refractivity contribution >= 4 is 0 Å². The normalized spacial score (nSPS) is 39.0. The first-order valence-electron chi connectivity index (χ1n) is 3.72. The first-order chi connectivity index (χ1) is 4.33. The highest BCUT2D eigenvalue weighted by molar-refractivity contribution is 5.01. The van der Waals surface area contributed by atoms with Gasteiger partial charge in [0.15, 0.2) is 0 Å². The standard InChI is InChI=1S/C7H13NO/c9-6-2-1-3-7(6)4-8-5-7/h6,8-9H,1-5H2. The first kappa shape index (κ1) is 5.69. The second-order valence-corrected chi connectivity index (χ2v) is 3.37. The van der Waals surface area contributed by atoms with E-state index in [1.165, 1.54) is 12.8 Å². The fraction of sp³-hybridized carbons (Fsp3) is 1.00. The minimum atomic E-state index is -0.00116. The van der Waals surface area contributed by atoms with Gasteiger partial charge >= 0.3 is 0 Å².